The molecule has 0 aliphatic heterocycles. The lowest BCUT2D eigenvalue weighted by atomic mass is 10.2. The molecular formula is C18H28N2O4. The van der Waals surface area contributed by atoms with Crippen LogP contribution in [0.5, 0.6) is 0 Å². The van der Waals surface area contributed by atoms with Gasteiger partial charge in [-0.3, -0.25) is 0 Å². The average molecular weight is 336 g/mol. The molecule has 1 aromatic rings. The summed E-state index contributed by atoms with van der Waals surface area (Å²) in [6, 6.07) is 7.00. The summed E-state index contributed by atoms with van der Waals surface area (Å²) in [6.07, 6.45) is -1.54. The number of benzene rings is 1. The molecule has 0 fully saturated rings. The van der Waals surface area contributed by atoms with Crippen LogP contribution in [0.4, 0.5) is 21.0 Å². The molecule has 0 aromatic heterocycles. The third kappa shape index (κ3) is 6.10. The van der Waals surface area contributed by atoms with Gasteiger partial charge in [-0.05, 0) is 65.8 Å². The molecule has 24 heavy (non-hydrogen) atoms. The average Bonchev–Trinajstić information content (AvgIpc) is 2.34. The molecule has 0 spiro atoms. The van der Waals surface area contributed by atoms with Crippen LogP contribution in [0.2, 0.25) is 0 Å². The van der Waals surface area contributed by atoms with Crippen LogP contribution < -0.4 is 9.80 Å². The van der Waals surface area contributed by atoms with E-state index in [-0.39, 0.29) is 0 Å². The summed E-state index contributed by atoms with van der Waals surface area (Å²) in [4.78, 5) is 27.8. The Morgan fingerprint density at radius 2 is 1.08 bits per heavy atom. The summed E-state index contributed by atoms with van der Waals surface area (Å²) in [5.74, 6) is 0. The van der Waals surface area contributed by atoms with Crippen LogP contribution in [-0.2, 0) is 9.47 Å². The third-order valence-electron chi connectivity index (χ3n) is 2.78. The number of imide groups is 1. The molecule has 0 unspecified atom stereocenters. The van der Waals surface area contributed by atoms with E-state index in [9.17, 15) is 9.59 Å². The maximum Gasteiger partial charge on any atom is 0.424 e. The number of hydrogen-bond acceptors (Lipinski definition) is 5. The highest BCUT2D eigenvalue weighted by atomic mass is 16.6. The van der Waals surface area contributed by atoms with Crippen molar-refractivity contribution >= 4 is 23.6 Å². The van der Waals surface area contributed by atoms with Crippen molar-refractivity contribution in [3.63, 3.8) is 0 Å². The number of anilines is 2. The predicted octanol–water partition coefficient (Wildman–Crippen LogP) is 4.43. The van der Waals surface area contributed by atoms with Crippen LogP contribution in [0, 0.1) is 0 Å². The lowest BCUT2D eigenvalue weighted by molar-refractivity contribution is 0.0431. The van der Waals surface area contributed by atoms with E-state index < -0.39 is 23.4 Å². The van der Waals surface area contributed by atoms with Crippen LogP contribution in [0.25, 0.3) is 0 Å². The third-order valence-corrected chi connectivity index (χ3v) is 2.78. The molecule has 0 N–H and O–H groups in total. The van der Waals surface area contributed by atoms with Gasteiger partial charge in [0.1, 0.15) is 11.2 Å². The minimum atomic E-state index is -0.769. The highest BCUT2D eigenvalue weighted by molar-refractivity contribution is 6.09. The first-order valence-corrected chi connectivity index (χ1v) is 7.83. The van der Waals surface area contributed by atoms with Gasteiger partial charge in [-0.15, -0.1) is 0 Å². The number of amides is 2. The molecule has 134 valence electrons. The van der Waals surface area contributed by atoms with Gasteiger partial charge in [0.05, 0.1) is 5.69 Å². The number of rotatable bonds is 2. The number of nitrogens with zero attached hydrogens (tertiary/aromatic N) is 2. The quantitative estimate of drug-likeness (QED) is 0.799. The van der Waals surface area contributed by atoms with Gasteiger partial charge in [0.15, 0.2) is 0 Å². The van der Waals surface area contributed by atoms with Crippen LogP contribution >= 0.6 is 0 Å². The monoisotopic (exact) mass is 336 g/mol. The van der Waals surface area contributed by atoms with Crippen LogP contribution in [0.1, 0.15) is 41.5 Å². The zero-order valence-electron chi connectivity index (χ0n) is 15.8. The van der Waals surface area contributed by atoms with Gasteiger partial charge in [0.2, 0.25) is 0 Å². The van der Waals surface area contributed by atoms with E-state index in [1.54, 1.807) is 53.7 Å². The van der Waals surface area contributed by atoms with Crippen LogP contribution in [0.3, 0.4) is 0 Å². The molecule has 6 heteroatoms. The minimum Gasteiger partial charge on any atom is -0.443 e. The zero-order valence-corrected chi connectivity index (χ0v) is 15.8. The fourth-order valence-corrected chi connectivity index (χ4v) is 1.80. The van der Waals surface area contributed by atoms with E-state index in [2.05, 4.69) is 0 Å². The second kappa shape index (κ2) is 7.11. The van der Waals surface area contributed by atoms with Gasteiger partial charge in [-0.1, -0.05) is 0 Å². The Morgan fingerprint density at radius 1 is 0.750 bits per heavy atom. The lowest BCUT2D eigenvalue weighted by Crippen LogP contribution is -2.43. The summed E-state index contributed by atoms with van der Waals surface area (Å²) in [7, 11) is 3.82. The first-order valence-electron chi connectivity index (χ1n) is 7.83. The molecule has 0 bridgehead atoms. The molecule has 0 aliphatic rings. The highest BCUT2D eigenvalue weighted by Gasteiger charge is 2.32. The largest absolute Gasteiger partial charge is 0.443 e. The van der Waals surface area contributed by atoms with E-state index in [1.165, 1.54) is 0 Å². The fraction of sp³-hybridized carbons (Fsp3) is 0.556. The standard InChI is InChI=1S/C18H28N2O4/c1-17(2,3)23-15(21)20(16(22)24-18(4,5)6)14-11-9-13(10-12-14)19(7)8/h9-12H,1-8H3. The fourth-order valence-electron chi connectivity index (χ4n) is 1.80. The van der Waals surface area contributed by atoms with E-state index in [0.29, 0.717) is 5.69 Å². The van der Waals surface area contributed by atoms with Crippen molar-refractivity contribution in [2.45, 2.75) is 52.7 Å². The molecule has 0 heterocycles. The first kappa shape index (κ1) is 19.8. The van der Waals surface area contributed by atoms with Gasteiger partial charge >= 0.3 is 12.2 Å². The van der Waals surface area contributed by atoms with E-state index >= 15 is 0 Å². The van der Waals surface area contributed by atoms with Gasteiger partial charge in [-0.25, -0.2) is 9.59 Å². The Labute approximate surface area is 144 Å². The molecule has 0 saturated carbocycles. The topological polar surface area (TPSA) is 59.1 Å². The minimum absolute atomic E-state index is 0.393. The van der Waals surface area contributed by atoms with E-state index in [1.807, 2.05) is 31.1 Å². The van der Waals surface area contributed by atoms with Crippen LogP contribution in [0.15, 0.2) is 24.3 Å². The van der Waals surface area contributed by atoms with E-state index in [0.717, 1.165) is 10.6 Å². The maximum absolute atomic E-state index is 12.5. The van der Waals surface area contributed by atoms with Crippen LogP contribution in [-0.4, -0.2) is 37.5 Å². The molecule has 1 aromatic carbocycles. The van der Waals surface area contributed by atoms with Gasteiger partial charge in [-0.2, -0.15) is 4.90 Å². The summed E-state index contributed by atoms with van der Waals surface area (Å²) >= 11 is 0. The van der Waals surface area contributed by atoms with Crippen molar-refractivity contribution < 1.29 is 19.1 Å². The Kier molecular flexibility index (Phi) is 5.87. The number of hydrogen-bond donors (Lipinski definition) is 0. The number of ether oxygens (including phenoxy) is 2. The molecule has 0 radical (unpaired) electrons. The SMILES string of the molecule is CN(C)c1ccc(N(C(=O)OC(C)(C)C)C(=O)OC(C)(C)C)cc1. The lowest BCUT2D eigenvalue weighted by Gasteiger charge is -2.28. The molecular weight excluding hydrogens is 308 g/mol. The van der Waals surface area contributed by atoms with Crippen molar-refractivity contribution in [3.05, 3.63) is 24.3 Å². The highest BCUT2D eigenvalue weighted by Crippen LogP contribution is 2.24. The first-order chi connectivity index (χ1) is 10.8. The Hall–Kier alpha value is -2.24. The molecule has 2 amide bonds. The Bertz CT molecular complexity index is 553. The van der Waals surface area contributed by atoms with Gasteiger partial charge < -0.3 is 14.4 Å². The number of carbonyl (C=O) groups excluding carboxylic acids is 2. The molecule has 1 rings (SSSR count). The predicted molar refractivity (Wildman–Crippen MR) is 95.7 cm³/mol. The Balaban J connectivity index is 3.17. The van der Waals surface area contributed by atoms with Crippen molar-refractivity contribution in [1.29, 1.82) is 0 Å². The number of carbonyl (C=O) groups is 2. The second-order valence-electron chi connectivity index (χ2n) is 7.71. The zero-order chi connectivity index (χ0) is 18.7. The smallest absolute Gasteiger partial charge is 0.424 e. The van der Waals surface area contributed by atoms with Crippen molar-refractivity contribution in [1.82, 2.24) is 0 Å². The summed E-state index contributed by atoms with van der Waals surface area (Å²) < 4.78 is 10.7. The summed E-state index contributed by atoms with van der Waals surface area (Å²) in [6.45, 7) is 10.5. The van der Waals surface area contributed by atoms with Gasteiger partial charge in [0.25, 0.3) is 0 Å². The van der Waals surface area contributed by atoms with Crippen molar-refractivity contribution in [2.24, 2.45) is 0 Å². The Morgan fingerprint density at radius 3 is 1.38 bits per heavy atom. The maximum atomic E-state index is 12.5. The summed E-state index contributed by atoms with van der Waals surface area (Å²) in [5, 5.41) is 0. The van der Waals surface area contributed by atoms with Gasteiger partial charge in [0, 0.05) is 19.8 Å². The molecule has 0 atom stereocenters. The second-order valence-corrected chi connectivity index (χ2v) is 7.71. The van der Waals surface area contributed by atoms with Crippen molar-refractivity contribution in [2.75, 3.05) is 23.9 Å². The molecule has 6 nitrogen and oxygen atoms in total. The van der Waals surface area contributed by atoms with E-state index in [4.69, 9.17) is 9.47 Å². The summed E-state index contributed by atoms with van der Waals surface area (Å²) in [5.41, 5.74) is -0.0989. The molecule has 0 aliphatic carbocycles. The molecule has 0 saturated heterocycles. The van der Waals surface area contributed by atoms with Crippen molar-refractivity contribution in [3.8, 4) is 0 Å². The normalized spacial score (nSPS) is 11.7.